The SMILES string of the molecule is CC.CCNc1cc(C(C)=O)cc(C(=O)CC)c1. The van der Waals surface area contributed by atoms with Gasteiger partial charge in [-0.3, -0.25) is 9.59 Å². The second kappa shape index (κ2) is 8.45. The third-order valence-corrected chi connectivity index (χ3v) is 2.36. The van der Waals surface area contributed by atoms with Crippen molar-refractivity contribution in [3.63, 3.8) is 0 Å². The van der Waals surface area contributed by atoms with Crippen LogP contribution in [0.3, 0.4) is 0 Å². The van der Waals surface area contributed by atoms with E-state index in [1.807, 2.05) is 27.7 Å². The molecule has 18 heavy (non-hydrogen) atoms. The zero-order valence-electron chi connectivity index (χ0n) is 12.0. The molecule has 0 radical (unpaired) electrons. The topological polar surface area (TPSA) is 46.2 Å². The summed E-state index contributed by atoms with van der Waals surface area (Å²) in [4.78, 5) is 22.9. The third-order valence-electron chi connectivity index (χ3n) is 2.36. The molecule has 1 N–H and O–H groups in total. The summed E-state index contributed by atoms with van der Waals surface area (Å²) in [5, 5.41) is 3.12. The molecule has 1 aromatic carbocycles. The van der Waals surface area contributed by atoms with Crippen LogP contribution < -0.4 is 5.32 Å². The number of nitrogens with one attached hydrogen (secondary N) is 1. The first-order chi connectivity index (χ1) is 8.58. The Kier molecular flexibility index (Phi) is 7.68. The van der Waals surface area contributed by atoms with Crippen LogP contribution in [0.15, 0.2) is 18.2 Å². The average molecular weight is 249 g/mol. The largest absolute Gasteiger partial charge is 0.385 e. The fourth-order valence-corrected chi connectivity index (χ4v) is 1.50. The number of hydrogen-bond acceptors (Lipinski definition) is 3. The van der Waals surface area contributed by atoms with Crippen molar-refractivity contribution in [2.24, 2.45) is 0 Å². The van der Waals surface area contributed by atoms with Gasteiger partial charge in [-0.25, -0.2) is 0 Å². The molecule has 0 amide bonds. The van der Waals surface area contributed by atoms with E-state index >= 15 is 0 Å². The maximum atomic E-state index is 11.6. The summed E-state index contributed by atoms with van der Waals surface area (Å²) in [7, 11) is 0. The summed E-state index contributed by atoms with van der Waals surface area (Å²) >= 11 is 0. The number of ketones is 2. The first-order valence-electron chi connectivity index (χ1n) is 6.51. The van der Waals surface area contributed by atoms with Crippen molar-refractivity contribution < 1.29 is 9.59 Å². The summed E-state index contributed by atoms with van der Waals surface area (Å²) in [6, 6.07) is 5.23. The Hall–Kier alpha value is -1.64. The van der Waals surface area contributed by atoms with Gasteiger partial charge in [0.2, 0.25) is 0 Å². The van der Waals surface area contributed by atoms with Crippen molar-refractivity contribution in [1.29, 1.82) is 0 Å². The van der Waals surface area contributed by atoms with Gasteiger partial charge < -0.3 is 5.32 Å². The van der Waals surface area contributed by atoms with E-state index in [4.69, 9.17) is 0 Å². The molecule has 3 heteroatoms. The lowest BCUT2D eigenvalue weighted by atomic mass is 10.0. The highest BCUT2D eigenvalue weighted by Gasteiger charge is 2.09. The van der Waals surface area contributed by atoms with Gasteiger partial charge in [0.15, 0.2) is 11.6 Å². The number of anilines is 1. The predicted octanol–water partition coefficient (Wildman–Crippen LogP) is 3.94. The van der Waals surface area contributed by atoms with E-state index in [0.29, 0.717) is 17.5 Å². The molecule has 0 heterocycles. The lowest BCUT2D eigenvalue weighted by Gasteiger charge is -2.08. The molecule has 0 atom stereocenters. The number of carbonyl (C=O) groups excluding carboxylic acids is 2. The molecular weight excluding hydrogens is 226 g/mol. The minimum Gasteiger partial charge on any atom is -0.385 e. The molecule has 1 aromatic rings. The van der Waals surface area contributed by atoms with Crippen LogP contribution in [0.5, 0.6) is 0 Å². The second-order valence-corrected chi connectivity index (χ2v) is 3.66. The summed E-state index contributed by atoms with van der Waals surface area (Å²) < 4.78 is 0. The van der Waals surface area contributed by atoms with Crippen LogP contribution in [0.4, 0.5) is 5.69 Å². The molecular formula is C15H23NO2. The highest BCUT2D eigenvalue weighted by Crippen LogP contribution is 2.17. The van der Waals surface area contributed by atoms with Crippen molar-refractivity contribution in [1.82, 2.24) is 0 Å². The van der Waals surface area contributed by atoms with E-state index in [9.17, 15) is 9.59 Å². The zero-order chi connectivity index (χ0) is 14.1. The van der Waals surface area contributed by atoms with Crippen LogP contribution in [0.2, 0.25) is 0 Å². The lowest BCUT2D eigenvalue weighted by Crippen LogP contribution is -2.04. The normalized spacial score (nSPS) is 9.17. The van der Waals surface area contributed by atoms with E-state index in [-0.39, 0.29) is 11.6 Å². The minimum atomic E-state index is -0.0232. The molecule has 0 aromatic heterocycles. The van der Waals surface area contributed by atoms with Crippen molar-refractivity contribution in [2.45, 2.75) is 41.0 Å². The van der Waals surface area contributed by atoms with Gasteiger partial charge in [0.25, 0.3) is 0 Å². The maximum Gasteiger partial charge on any atom is 0.162 e. The van der Waals surface area contributed by atoms with Gasteiger partial charge in [0.05, 0.1) is 0 Å². The van der Waals surface area contributed by atoms with Crippen LogP contribution >= 0.6 is 0 Å². The Morgan fingerprint density at radius 2 is 1.61 bits per heavy atom. The standard InChI is InChI=1S/C13H17NO2.C2H6/c1-4-13(16)11-6-10(9(3)15)7-12(8-11)14-5-2;1-2/h6-8,14H,4-5H2,1-3H3;1-2H3. The number of carbonyl (C=O) groups is 2. The Labute approximate surface area is 110 Å². The third kappa shape index (κ3) is 4.70. The molecule has 1 rings (SSSR count). The summed E-state index contributed by atoms with van der Waals surface area (Å²) in [6.45, 7) is 10.1. The molecule has 0 aliphatic heterocycles. The van der Waals surface area contributed by atoms with Crippen LogP contribution in [0, 0.1) is 0 Å². The highest BCUT2D eigenvalue weighted by molar-refractivity contribution is 6.01. The Morgan fingerprint density at radius 1 is 1.06 bits per heavy atom. The van der Waals surface area contributed by atoms with E-state index in [2.05, 4.69) is 5.32 Å². The van der Waals surface area contributed by atoms with E-state index in [1.165, 1.54) is 6.92 Å². The summed E-state index contributed by atoms with van der Waals surface area (Å²) in [6.07, 6.45) is 0.451. The highest BCUT2D eigenvalue weighted by atomic mass is 16.1. The van der Waals surface area contributed by atoms with E-state index in [0.717, 1.165) is 12.2 Å². The molecule has 0 fully saturated rings. The Bertz CT molecular complexity index is 411. The number of benzene rings is 1. The van der Waals surface area contributed by atoms with Crippen molar-refractivity contribution >= 4 is 17.3 Å². The summed E-state index contributed by atoms with van der Waals surface area (Å²) in [5.74, 6) is 0.0344. The molecule has 0 unspecified atom stereocenters. The van der Waals surface area contributed by atoms with Crippen LogP contribution in [-0.2, 0) is 0 Å². The van der Waals surface area contributed by atoms with E-state index in [1.54, 1.807) is 18.2 Å². The molecule has 0 bridgehead atoms. The minimum absolute atomic E-state index is 0.0232. The predicted molar refractivity (Wildman–Crippen MR) is 76.6 cm³/mol. The second-order valence-electron chi connectivity index (χ2n) is 3.66. The average Bonchev–Trinajstić information content (AvgIpc) is 2.40. The van der Waals surface area contributed by atoms with Crippen molar-refractivity contribution in [3.8, 4) is 0 Å². The van der Waals surface area contributed by atoms with Gasteiger partial charge in [-0.1, -0.05) is 20.8 Å². The van der Waals surface area contributed by atoms with Gasteiger partial charge in [0, 0.05) is 29.8 Å². The molecule has 0 spiro atoms. The number of hydrogen-bond donors (Lipinski definition) is 1. The monoisotopic (exact) mass is 249 g/mol. The number of Topliss-reactive ketones (excluding diaryl/α,β-unsaturated/α-hetero) is 2. The van der Waals surface area contributed by atoms with Gasteiger partial charge >= 0.3 is 0 Å². The first kappa shape index (κ1) is 16.4. The molecule has 100 valence electrons. The molecule has 3 nitrogen and oxygen atoms in total. The van der Waals surface area contributed by atoms with Gasteiger partial charge in [-0.2, -0.15) is 0 Å². The van der Waals surface area contributed by atoms with Crippen LogP contribution in [0.25, 0.3) is 0 Å². The van der Waals surface area contributed by atoms with Gasteiger partial charge in [-0.15, -0.1) is 0 Å². The number of rotatable bonds is 5. The van der Waals surface area contributed by atoms with Gasteiger partial charge in [0.1, 0.15) is 0 Å². The smallest absolute Gasteiger partial charge is 0.162 e. The quantitative estimate of drug-likeness (QED) is 0.804. The molecule has 0 saturated carbocycles. The maximum absolute atomic E-state index is 11.6. The van der Waals surface area contributed by atoms with Crippen LogP contribution in [-0.4, -0.2) is 18.1 Å². The molecule has 0 aliphatic rings. The Morgan fingerprint density at radius 3 is 2.06 bits per heavy atom. The first-order valence-corrected chi connectivity index (χ1v) is 6.51. The van der Waals surface area contributed by atoms with Crippen molar-refractivity contribution in [2.75, 3.05) is 11.9 Å². The van der Waals surface area contributed by atoms with E-state index < -0.39 is 0 Å². The summed E-state index contributed by atoms with van der Waals surface area (Å²) in [5.41, 5.74) is 2.01. The lowest BCUT2D eigenvalue weighted by molar-refractivity contribution is 0.0988. The molecule has 0 aliphatic carbocycles. The van der Waals surface area contributed by atoms with Gasteiger partial charge in [-0.05, 0) is 32.0 Å². The fourth-order valence-electron chi connectivity index (χ4n) is 1.50. The zero-order valence-corrected chi connectivity index (χ0v) is 12.0. The fraction of sp³-hybridized carbons (Fsp3) is 0.467. The van der Waals surface area contributed by atoms with Crippen LogP contribution in [0.1, 0.15) is 61.8 Å². The van der Waals surface area contributed by atoms with Crippen molar-refractivity contribution in [3.05, 3.63) is 29.3 Å². The Balaban J connectivity index is 0.00000137. The molecule has 0 saturated heterocycles.